The highest BCUT2D eigenvalue weighted by molar-refractivity contribution is 9.10. The Morgan fingerprint density at radius 1 is 1.61 bits per heavy atom. The zero-order valence-electron chi connectivity index (χ0n) is 10.1. The number of likely N-dealkylation sites (N-methyl/N-ethyl adjacent to an activating group) is 1. The molecule has 0 aliphatic heterocycles. The van der Waals surface area contributed by atoms with Crippen molar-refractivity contribution in [1.82, 2.24) is 5.32 Å². The van der Waals surface area contributed by atoms with Gasteiger partial charge in [-0.25, -0.2) is 0 Å². The minimum atomic E-state index is 0.00358. The molecule has 1 N–H and O–H groups in total. The molecule has 0 bridgehead atoms. The van der Waals surface area contributed by atoms with Gasteiger partial charge in [-0.05, 0) is 40.9 Å². The van der Waals surface area contributed by atoms with Crippen molar-refractivity contribution < 1.29 is 4.79 Å². The van der Waals surface area contributed by atoms with Crippen LogP contribution in [0.3, 0.4) is 0 Å². The van der Waals surface area contributed by atoms with E-state index in [2.05, 4.69) is 27.3 Å². The molecule has 1 saturated carbocycles. The van der Waals surface area contributed by atoms with Gasteiger partial charge >= 0.3 is 0 Å². The maximum atomic E-state index is 11.7. The average molecular weight is 308 g/mol. The first-order valence-corrected chi connectivity index (χ1v) is 6.60. The van der Waals surface area contributed by atoms with Crippen LogP contribution in [0.1, 0.15) is 18.4 Å². The van der Waals surface area contributed by atoms with E-state index in [4.69, 9.17) is 5.26 Å². The van der Waals surface area contributed by atoms with Crippen molar-refractivity contribution in [2.75, 3.05) is 18.5 Å². The maximum absolute atomic E-state index is 11.7. The van der Waals surface area contributed by atoms with Crippen molar-refractivity contribution in [3.8, 4) is 6.07 Å². The van der Waals surface area contributed by atoms with Crippen molar-refractivity contribution >= 4 is 27.5 Å². The Hall–Kier alpha value is -1.54. The third-order valence-corrected chi connectivity index (χ3v) is 3.50. The molecule has 0 radical (unpaired) electrons. The van der Waals surface area contributed by atoms with Gasteiger partial charge in [-0.15, -0.1) is 0 Å². The number of benzene rings is 1. The Morgan fingerprint density at radius 2 is 2.33 bits per heavy atom. The molecule has 0 saturated heterocycles. The lowest BCUT2D eigenvalue weighted by Crippen LogP contribution is -2.36. The fourth-order valence-electron chi connectivity index (χ4n) is 1.74. The van der Waals surface area contributed by atoms with Crippen molar-refractivity contribution in [3.05, 3.63) is 28.2 Å². The predicted molar refractivity (Wildman–Crippen MR) is 73.3 cm³/mol. The van der Waals surface area contributed by atoms with E-state index in [1.54, 1.807) is 4.90 Å². The Balaban J connectivity index is 2.08. The van der Waals surface area contributed by atoms with E-state index in [0.717, 1.165) is 23.0 Å². The number of rotatable bonds is 4. The summed E-state index contributed by atoms with van der Waals surface area (Å²) in [5, 5.41) is 12.1. The SMILES string of the molecule is CN(CC(=O)NC1CC1)c1cccc(Br)c1C#N. The number of carbonyl (C=O) groups excluding carboxylic acids is 1. The summed E-state index contributed by atoms with van der Waals surface area (Å²) >= 11 is 3.34. The average Bonchev–Trinajstić information content (AvgIpc) is 3.12. The lowest BCUT2D eigenvalue weighted by atomic mass is 10.2. The topological polar surface area (TPSA) is 56.1 Å². The third kappa shape index (κ3) is 3.02. The predicted octanol–water partition coefficient (Wildman–Crippen LogP) is 2.04. The van der Waals surface area contributed by atoms with Crippen LogP contribution in [0.25, 0.3) is 0 Å². The number of hydrogen-bond acceptors (Lipinski definition) is 3. The number of hydrogen-bond donors (Lipinski definition) is 1. The van der Waals surface area contributed by atoms with Crippen LogP contribution in [0.5, 0.6) is 0 Å². The molecule has 94 valence electrons. The molecule has 1 fully saturated rings. The molecule has 1 aromatic rings. The summed E-state index contributed by atoms with van der Waals surface area (Å²) in [4.78, 5) is 13.5. The van der Waals surface area contributed by atoms with Crippen LogP contribution in [0.4, 0.5) is 5.69 Å². The number of nitrogens with one attached hydrogen (secondary N) is 1. The zero-order valence-corrected chi connectivity index (χ0v) is 11.7. The monoisotopic (exact) mass is 307 g/mol. The molecule has 0 unspecified atom stereocenters. The molecule has 1 amide bonds. The first-order valence-electron chi connectivity index (χ1n) is 5.81. The molecule has 0 spiro atoms. The van der Waals surface area contributed by atoms with Gasteiger partial charge in [0.05, 0.1) is 17.8 Å². The highest BCUT2D eigenvalue weighted by Crippen LogP contribution is 2.26. The van der Waals surface area contributed by atoms with Gasteiger partial charge in [-0.3, -0.25) is 4.79 Å². The summed E-state index contributed by atoms with van der Waals surface area (Å²) in [6.45, 7) is 0.266. The molecule has 0 aromatic heterocycles. The van der Waals surface area contributed by atoms with Crippen LogP contribution in [0.2, 0.25) is 0 Å². The summed E-state index contributed by atoms with van der Waals surface area (Å²) in [6, 6.07) is 8.03. The lowest BCUT2D eigenvalue weighted by Gasteiger charge is -2.20. The summed E-state index contributed by atoms with van der Waals surface area (Å²) in [5.41, 5.74) is 1.32. The summed E-state index contributed by atoms with van der Waals surface area (Å²) < 4.78 is 0.747. The number of nitrogens with zero attached hydrogens (tertiary/aromatic N) is 2. The molecule has 1 aliphatic carbocycles. The van der Waals surface area contributed by atoms with Crippen LogP contribution in [0.15, 0.2) is 22.7 Å². The van der Waals surface area contributed by atoms with Gasteiger partial charge < -0.3 is 10.2 Å². The van der Waals surface area contributed by atoms with Crippen molar-refractivity contribution in [1.29, 1.82) is 5.26 Å². The first kappa shape index (κ1) is 12.9. The quantitative estimate of drug-likeness (QED) is 0.926. The standard InChI is InChI=1S/C13H14BrN3O/c1-17(8-13(18)16-9-5-6-9)12-4-2-3-11(14)10(12)7-15/h2-4,9H,5-6,8H2,1H3,(H,16,18). The fraction of sp³-hybridized carbons (Fsp3) is 0.385. The van der Waals surface area contributed by atoms with Crippen LogP contribution in [0, 0.1) is 11.3 Å². The van der Waals surface area contributed by atoms with Crippen LogP contribution < -0.4 is 10.2 Å². The second-order valence-corrected chi connectivity index (χ2v) is 5.30. The summed E-state index contributed by atoms with van der Waals surface area (Å²) in [5.74, 6) is 0.00358. The van der Waals surface area contributed by atoms with Crippen LogP contribution in [-0.2, 0) is 4.79 Å². The van der Waals surface area contributed by atoms with E-state index < -0.39 is 0 Å². The van der Waals surface area contributed by atoms with Gasteiger partial charge in [0.2, 0.25) is 5.91 Å². The smallest absolute Gasteiger partial charge is 0.239 e. The molecule has 0 heterocycles. The molecular formula is C13H14BrN3O. The summed E-state index contributed by atoms with van der Waals surface area (Å²) in [6.07, 6.45) is 2.16. The molecule has 18 heavy (non-hydrogen) atoms. The van der Waals surface area contributed by atoms with E-state index in [-0.39, 0.29) is 12.5 Å². The van der Waals surface area contributed by atoms with Gasteiger partial charge in [0.25, 0.3) is 0 Å². The highest BCUT2D eigenvalue weighted by Gasteiger charge is 2.24. The molecule has 0 atom stereocenters. The lowest BCUT2D eigenvalue weighted by molar-refractivity contribution is -0.119. The number of amides is 1. The van der Waals surface area contributed by atoms with E-state index in [9.17, 15) is 4.79 Å². The van der Waals surface area contributed by atoms with Gasteiger partial charge in [-0.2, -0.15) is 5.26 Å². The third-order valence-electron chi connectivity index (χ3n) is 2.84. The van der Waals surface area contributed by atoms with Crippen molar-refractivity contribution in [2.24, 2.45) is 0 Å². The maximum Gasteiger partial charge on any atom is 0.239 e. The van der Waals surface area contributed by atoms with Gasteiger partial charge in [0, 0.05) is 17.6 Å². The van der Waals surface area contributed by atoms with Crippen molar-refractivity contribution in [3.63, 3.8) is 0 Å². The van der Waals surface area contributed by atoms with Crippen LogP contribution >= 0.6 is 15.9 Å². The second kappa shape index (κ2) is 5.40. The van der Waals surface area contributed by atoms with E-state index >= 15 is 0 Å². The zero-order chi connectivity index (χ0) is 13.1. The molecule has 1 aromatic carbocycles. The van der Waals surface area contributed by atoms with Crippen LogP contribution in [-0.4, -0.2) is 25.5 Å². The number of halogens is 1. The minimum Gasteiger partial charge on any atom is -0.364 e. The molecular weight excluding hydrogens is 294 g/mol. The first-order chi connectivity index (χ1) is 8.61. The molecule has 4 nitrogen and oxygen atoms in total. The number of nitriles is 1. The van der Waals surface area contributed by atoms with Crippen molar-refractivity contribution in [2.45, 2.75) is 18.9 Å². The number of carbonyl (C=O) groups is 1. The minimum absolute atomic E-state index is 0.00358. The van der Waals surface area contributed by atoms with Gasteiger partial charge in [0.15, 0.2) is 0 Å². The Morgan fingerprint density at radius 3 is 2.94 bits per heavy atom. The van der Waals surface area contributed by atoms with E-state index in [1.165, 1.54) is 0 Å². The highest BCUT2D eigenvalue weighted by atomic mass is 79.9. The summed E-state index contributed by atoms with van der Waals surface area (Å²) in [7, 11) is 1.81. The van der Waals surface area contributed by atoms with E-state index in [1.807, 2.05) is 25.2 Å². The van der Waals surface area contributed by atoms with Gasteiger partial charge in [-0.1, -0.05) is 6.07 Å². The second-order valence-electron chi connectivity index (χ2n) is 4.44. The van der Waals surface area contributed by atoms with Gasteiger partial charge in [0.1, 0.15) is 6.07 Å². The Kier molecular flexibility index (Phi) is 3.87. The largest absolute Gasteiger partial charge is 0.364 e. The molecule has 1 aliphatic rings. The fourth-order valence-corrected chi connectivity index (χ4v) is 2.19. The van der Waals surface area contributed by atoms with E-state index in [0.29, 0.717) is 11.6 Å². The molecule has 5 heteroatoms. The Labute approximate surface area is 115 Å². The molecule has 2 rings (SSSR count). The number of anilines is 1. The normalized spacial score (nSPS) is 13.8. The Bertz CT molecular complexity index is 505.